The molecule has 0 aliphatic carbocycles. The number of benzene rings is 1. The molecule has 1 rings (SSSR count). The van der Waals surface area contributed by atoms with Gasteiger partial charge in [0, 0.05) is 12.1 Å². The number of halogens is 2. The van der Waals surface area contributed by atoms with Gasteiger partial charge in [0.2, 0.25) is 0 Å². The largest absolute Gasteiger partial charge is 0.380 e. The number of hydrogen-bond donors (Lipinski definition) is 1. The van der Waals surface area contributed by atoms with E-state index < -0.39 is 11.6 Å². The molecule has 0 amide bonds. The fourth-order valence-electron chi connectivity index (χ4n) is 1.32. The molecule has 0 spiro atoms. The Morgan fingerprint density at radius 1 is 1.21 bits per heavy atom. The average Bonchev–Trinajstić information content (AvgIpc) is 2.17. The fourth-order valence-corrected chi connectivity index (χ4v) is 1.32. The highest BCUT2D eigenvalue weighted by Gasteiger charge is 2.07. The third-order valence-electron chi connectivity index (χ3n) is 2.28. The lowest BCUT2D eigenvalue weighted by Crippen LogP contribution is -2.17. The minimum atomic E-state index is -0.544. The van der Waals surface area contributed by atoms with Crippen LogP contribution in [0.3, 0.4) is 0 Å². The van der Waals surface area contributed by atoms with E-state index in [2.05, 4.69) is 5.32 Å². The van der Waals surface area contributed by atoms with Crippen molar-refractivity contribution in [3.8, 4) is 0 Å². The van der Waals surface area contributed by atoms with Crippen molar-refractivity contribution in [3.05, 3.63) is 29.8 Å². The highest BCUT2D eigenvalue weighted by atomic mass is 19.1. The van der Waals surface area contributed by atoms with Gasteiger partial charge in [-0.2, -0.15) is 0 Å². The molecule has 0 saturated heterocycles. The number of hydrogen-bond acceptors (Lipinski definition) is 1. The van der Waals surface area contributed by atoms with Gasteiger partial charge in [-0.1, -0.05) is 13.8 Å². The van der Waals surface area contributed by atoms with Gasteiger partial charge in [0.15, 0.2) is 0 Å². The summed E-state index contributed by atoms with van der Waals surface area (Å²) in [7, 11) is 0. The van der Waals surface area contributed by atoms with E-state index >= 15 is 0 Å². The molecule has 0 fully saturated rings. The summed E-state index contributed by atoms with van der Waals surface area (Å²) in [5.41, 5.74) is 0.375. The van der Waals surface area contributed by atoms with Gasteiger partial charge in [-0.3, -0.25) is 0 Å². The lowest BCUT2D eigenvalue weighted by Gasteiger charge is -2.16. The average molecular weight is 199 g/mol. The van der Waals surface area contributed by atoms with Gasteiger partial charge < -0.3 is 5.32 Å². The summed E-state index contributed by atoms with van der Waals surface area (Å²) in [6.07, 6.45) is 1.85. The van der Waals surface area contributed by atoms with Gasteiger partial charge in [0.1, 0.15) is 11.6 Å². The Kier molecular flexibility index (Phi) is 3.86. The van der Waals surface area contributed by atoms with Gasteiger partial charge in [0.05, 0.1) is 5.69 Å². The van der Waals surface area contributed by atoms with E-state index in [0.29, 0.717) is 5.69 Å². The number of rotatable bonds is 4. The molecule has 0 aliphatic rings. The Labute approximate surface area is 83.1 Å². The van der Waals surface area contributed by atoms with Crippen LogP contribution in [-0.4, -0.2) is 6.04 Å². The second-order valence-corrected chi connectivity index (χ2v) is 3.28. The monoisotopic (exact) mass is 199 g/mol. The molecule has 0 heterocycles. The first kappa shape index (κ1) is 11.0. The van der Waals surface area contributed by atoms with Gasteiger partial charge in [0.25, 0.3) is 0 Å². The van der Waals surface area contributed by atoms with Crippen LogP contribution >= 0.6 is 0 Å². The molecule has 78 valence electrons. The van der Waals surface area contributed by atoms with Crippen molar-refractivity contribution in [1.29, 1.82) is 0 Å². The standard InChI is InChI=1S/C11H15F2N/c1-3-9(4-2)14-11-6-5-8(12)7-10(11)13/h5-7,9,14H,3-4H2,1-2H3. The van der Waals surface area contributed by atoms with E-state index in [4.69, 9.17) is 0 Å². The van der Waals surface area contributed by atoms with E-state index in [1.54, 1.807) is 0 Å². The molecule has 0 saturated carbocycles. The predicted octanol–water partition coefficient (Wildman–Crippen LogP) is 3.57. The summed E-state index contributed by atoms with van der Waals surface area (Å²) in [5.74, 6) is -1.07. The summed E-state index contributed by atoms with van der Waals surface area (Å²) in [6, 6.07) is 3.83. The second kappa shape index (κ2) is 4.94. The Balaban J connectivity index is 2.76. The van der Waals surface area contributed by atoms with Crippen molar-refractivity contribution in [2.75, 3.05) is 5.32 Å². The molecule has 0 unspecified atom stereocenters. The highest BCUT2D eigenvalue weighted by molar-refractivity contribution is 5.45. The van der Waals surface area contributed by atoms with Crippen LogP contribution in [0.2, 0.25) is 0 Å². The van der Waals surface area contributed by atoms with Crippen LogP contribution in [0.5, 0.6) is 0 Å². The molecule has 1 aromatic rings. The summed E-state index contributed by atoms with van der Waals surface area (Å²) >= 11 is 0. The zero-order chi connectivity index (χ0) is 10.6. The fraction of sp³-hybridized carbons (Fsp3) is 0.455. The lowest BCUT2D eigenvalue weighted by molar-refractivity contribution is 0.580. The van der Waals surface area contributed by atoms with E-state index in [9.17, 15) is 8.78 Å². The molecule has 14 heavy (non-hydrogen) atoms. The summed E-state index contributed by atoms with van der Waals surface area (Å²) in [5, 5.41) is 3.03. The van der Waals surface area contributed by atoms with Crippen LogP contribution in [-0.2, 0) is 0 Å². The first-order chi connectivity index (χ1) is 6.67. The molecule has 1 aromatic carbocycles. The Morgan fingerprint density at radius 2 is 1.86 bits per heavy atom. The maximum Gasteiger partial charge on any atom is 0.149 e. The first-order valence-corrected chi connectivity index (χ1v) is 4.89. The van der Waals surface area contributed by atoms with E-state index in [1.165, 1.54) is 12.1 Å². The van der Waals surface area contributed by atoms with E-state index in [0.717, 1.165) is 18.9 Å². The molecular weight excluding hydrogens is 184 g/mol. The van der Waals surface area contributed by atoms with Gasteiger partial charge in [-0.05, 0) is 25.0 Å². The van der Waals surface area contributed by atoms with Crippen LogP contribution in [0.25, 0.3) is 0 Å². The van der Waals surface area contributed by atoms with Crippen LogP contribution in [0, 0.1) is 11.6 Å². The maximum atomic E-state index is 13.2. The third-order valence-corrected chi connectivity index (χ3v) is 2.28. The molecule has 0 atom stereocenters. The minimum absolute atomic E-state index is 0.245. The first-order valence-electron chi connectivity index (χ1n) is 4.89. The van der Waals surface area contributed by atoms with Crippen molar-refractivity contribution < 1.29 is 8.78 Å². The molecule has 0 bridgehead atoms. The topological polar surface area (TPSA) is 12.0 Å². The summed E-state index contributed by atoms with van der Waals surface area (Å²) in [4.78, 5) is 0. The molecule has 1 nitrogen and oxygen atoms in total. The van der Waals surface area contributed by atoms with Crippen LogP contribution in [0.15, 0.2) is 18.2 Å². The second-order valence-electron chi connectivity index (χ2n) is 3.28. The van der Waals surface area contributed by atoms with Gasteiger partial charge in [-0.15, -0.1) is 0 Å². The summed E-state index contributed by atoms with van der Waals surface area (Å²) in [6.45, 7) is 4.06. The normalized spacial score (nSPS) is 10.6. The number of nitrogens with one attached hydrogen (secondary N) is 1. The van der Waals surface area contributed by atoms with Gasteiger partial charge in [-0.25, -0.2) is 8.78 Å². The quantitative estimate of drug-likeness (QED) is 0.781. The van der Waals surface area contributed by atoms with Crippen LogP contribution in [0.4, 0.5) is 14.5 Å². The Hall–Kier alpha value is -1.12. The Morgan fingerprint density at radius 3 is 2.36 bits per heavy atom. The molecule has 0 radical (unpaired) electrons. The highest BCUT2D eigenvalue weighted by Crippen LogP contribution is 2.17. The van der Waals surface area contributed by atoms with Crippen molar-refractivity contribution in [2.24, 2.45) is 0 Å². The SMILES string of the molecule is CCC(CC)Nc1ccc(F)cc1F. The molecule has 3 heteroatoms. The van der Waals surface area contributed by atoms with Crippen molar-refractivity contribution in [3.63, 3.8) is 0 Å². The van der Waals surface area contributed by atoms with Crippen molar-refractivity contribution in [1.82, 2.24) is 0 Å². The van der Waals surface area contributed by atoms with Gasteiger partial charge >= 0.3 is 0 Å². The zero-order valence-corrected chi connectivity index (χ0v) is 8.48. The van der Waals surface area contributed by atoms with Crippen LogP contribution < -0.4 is 5.32 Å². The maximum absolute atomic E-state index is 13.2. The van der Waals surface area contributed by atoms with Crippen LogP contribution in [0.1, 0.15) is 26.7 Å². The third kappa shape index (κ3) is 2.69. The molecule has 1 N–H and O–H groups in total. The zero-order valence-electron chi connectivity index (χ0n) is 8.48. The number of anilines is 1. The van der Waals surface area contributed by atoms with Crippen molar-refractivity contribution >= 4 is 5.69 Å². The molecule has 0 aliphatic heterocycles. The molecule has 0 aromatic heterocycles. The molecular formula is C11H15F2N. The Bertz CT molecular complexity index is 295. The van der Waals surface area contributed by atoms with E-state index in [-0.39, 0.29) is 6.04 Å². The smallest absolute Gasteiger partial charge is 0.149 e. The van der Waals surface area contributed by atoms with Crippen molar-refractivity contribution in [2.45, 2.75) is 32.7 Å². The summed E-state index contributed by atoms with van der Waals surface area (Å²) < 4.78 is 25.8. The lowest BCUT2D eigenvalue weighted by atomic mass is 10.1. The van der Waals surface area contributed by atoms with E-state index in [1.807, 2.05) is 13.8 Å². The predicted molar refractivity (Wildman–Crippen MR) is 54.4 cm³/mol. The minimum Gasteiger partial charge on any atom is -0.380 e.